The lowest BCUT2D eigenvalue weighted by Gasteiger charge is -2.19. The van der Waals surface area contributed by atoms with Gasteiger partial charge in [0.05, 0.1) is 14.2 Å². The minimum Gasteiger partial charge on any atom is -0.497 e. The number of ether oxygens (including phenoxy) is 2. The van der Waals surface area contributed by atoms with E-state index >= 15 is 0 Å². The van der Waals surface area contributed by atoms with E-state index in [1.807, 2.05) is 0 Å². The van der Waals surface area contributed by atoms with Gasteiger partial charge in [-0.3, -0.25) is 0 Å². The molecule has 6 heteroatoms. The van der Waals surface area contributed by atoms with Crippen molar-refractivity contribution in [3.63, 3.8) is 0 Å². The van der Waals surface area contributed by atoms with Gasteiger partial charge in [-0.05, 0) is 29.8 Å². The Labute approximate surface area is 96.5 Å². The number of alkyl halides is 3. The van der Waals surface area contributed by atoms with Gasteiger partial charge in [0.25, 0.3) is 0 Å². The molecule has 0 aromatic heterocycles. The Hall–Kier alpha value is -1.07. The SMILES string of the molecule is COc1ccc(OC)c(C(O)C(F)(F)Cl)c1. The van der Waals surface area contributed by atoms with Crippen molar-refractivity contribution in [1.82, 2.24) is 0 Å². The third-order valence-corrected chi connectivity index (χ3v) is 2.25. The van der Waals surface area contributed by atoms with Crippen LogP contribution in [0.25, 0.3) is 0 Å². The van der Waals surface area contributed by atoms with Gasteiger partial charge in [0.1, 0.15) is 11.5 Å². The Morgan fingerprint density at radius 3 is 2.38 bits per heavy atom. The fourth-order valence-electron chi connectivity index (χ4n) is 1.23. The number of rotatable bonds is 4. The zero-order valence-electron chi connectivity index (χ0n) is 8.71. The summed E-state index contributed by atoms with van der Waals surface area (Å²) in [4.78, 5) is 0. The summed E-state index contributed by atoms with van der Waals surface area (Å²) in [5, 5.41) is 5.61. The van der Waals surface area contributed by atoms with E-state index in [1.165, 1.54) is 32.4 Å². The van der Waals surface area contributed by atoms with Crippen molar-refractivity contribution in [3.8, 4) is 11.5 Å². The maximum absolute atomic E-state index is 12.8. The van der Waals surface area contributed by atoms with Crippen LogP contribution in [0.3, 0.4) is 0 Å². The number of halogens is 3. The highest BCUT2D eigenvalue weighted by atomic mass is 35.5. The minimum absolute atomic E-state index is 0.119. The van der Waals surface area contributed by atoms with Gasteiger partial charge in [0.15, 0.2) is 6.10 Å². The molecule has 1 aromatic carbocycles. The number of hydrogen-bond acceptors (Lipinski definition) is 3. The zero-order chi connectivity index (χ0) is 12.3. The average Bonchev–Trinajstić information content (AvgIpc) is 2.25. The molecule has 0 aliphatic heterocycles. The first-order valence-corrected chi connectivity index (χ1v) is 4.74. The monoisotopic (exact) mass is 252 g/mol. The highest BCUT2D eigenvalue weighted by Crippen LogP contribution is 2.40. The summed E-state index contributed by atoms with van der Waals surface area (Å²) < 4.78 is 35.3. The molecule has 1 N–H and O–H groups in total. The largest absolute Gasteiger partial charge is 0.497 e. The van der Waals surface area contributed by atoms with Gasteiger partial charge in [-0.15, -0.1) is 0 Å². The molecular weight excluding hydrogens is 242 g/mol. The minimum atomic E-state index is -3.76. The van der Waals surface area contributed by atoms with Crippen molar-refractivity contribution in [1.29, 1.82) is 0 Å². The highest BCUT2D eigenvalue weighted by Gasteiger charge is 2.38. The standard InChI is InChI=1S/C10H11ClF2O3/c1-15-6-3-4-8(16-2)7(5-6)9(14)10(11,12)13/h3-5,9,14H,1-2H3. The summed E-state index contributed by atoms with van der Waals surface area (Å²) in [6.07, 6.45) is -2.15. The molecule has 0 saturated carbocycles. The second-order valence-electron chi connectivity index (χ2n) is 3.05. The maximum Gasteiger partial charge on any atom is 0.351 e. The Morgan fingerprint density at radius 1 is 1.31 bits per heavy atom. The van der Waals surface area contributed by atoms with Crippen LogP contribution in [0.1, 0.15) is 11.7 Å². The summed E-state index contributed by atoms with van der Waals surface area (Å²) in [7, 11) is 2.70. The molecule has 0 spiro atoms. The van der Waals surface area contributed by atoms with E-state index in [4.69, 9.17) is 21.1 Å². The number of aliphatic hydroxyl groups excluding tert-OH is 1. The normalized spacial score (nSPS) is 13.4. The highest BCUT2D eigenvalue weighted by molar-refractivity contribution is 6.22. The van der Waals surface area contributed by atoms with E-state index in [-0.39, 0.29) is 11.3 Å². The van der Waals surface area contributed by atoms with Crippen molar-refractivity contribution in [3.05, 3.63) is 23.8 Å². The van der Waals surface area contributed by atoms with Gasteiger partial charge in [0.2, 0.25) is 0 Å². The summed E-state index contributed by atoms with van der Waals surface area (Å²) in [6, 6.07) is 4.20. The van der Waals surface area contributed by atoms with Crippen molar-refractivity contribution in [2.24, 2.45) is 0 Å². The summed E-state index contributed by atoms with van der Waals surface area (Å²) in [6.45, 7) is 0. The number of hydrogen-bond donors (Lipinski definition) is 1. The van der Waals surface area contributed by atoms with Gasteiger partial charge in [-0.25, -0.2) is 0 Å². The van der Waals surface area contributed by atoms with E-state index in [0.717, 1.165) is 0 Å². The van der Waals surface area contributed by atoms with Crippen LogP contribution in [0.15, 0.2) is 18.2 Å². The number of methoxy groups -OCH3 is 2. The van der Waals surface area contributed by atoms with E-state index < -0.39 is 11.5 Å². The summed E-state index contributed by atoms with van der Waals surface area (Å²) >= 11 is 4.76. The maximum atomic E-state index is 12.8. The first-order chi connectivity index (χ1) is 7.40. The molecule has 1 atom stereocenters. The second-order valence-corrected chi connectivity index (χ2v) is 3.56. The molecule has 0 amide bonds. The van der Waals surface area contributed by atoms with Gasteiger partial charge in [-0.1, -0.05) is 0 Å². The third-order valence-electron chi connectivity index (χ3n) is 2.04. The van der Waals surface area contributed by atoms with Crippen molar-refractivity contribution < 1.29 is 23.4 Å². The molecule has 90 valence electrons. The van der Waals surface area contributed by atoms with Crippen molar-refractivity contribution >= 4 is 11.6 Å². The predicted molar refractivity (Wildman–Crippen MR) is 55.3 cm³/mol. The lowest BCUT2D eigenvalue weighted by Crippen LogP contribution is -2.19. The van der Waals surface area contributed by atoms with Crippen LogP contribution in [0.2, 0.25) is 0 Å². The van der Waals surface area contributed by atoms with Crippen LogP contribution in [0, 0.1) is 0 Å². The molecule has 0 heterocycles. The molecule has 3 nitrogen and oxygen atoms in total. The Bertz CT molecular complexity index is 366. The first kappa shape index (κ1) is 13.0. The van der Waals surface area contributed by atoms with Crippen LogP contribution in [-0.2, 0) is 0 Å². The number of aliphatic hydroxyl groups is 1. The van der Waals surface area contributed by atoms with E-state index in [1.54, 1.807) is 0 Å². The molecule has 16 heavy (non-hydrogen) atoms. The van der Waals surface area contributed by atoms with Crippen LogP contribution >= 0.6 is 11.6 Å². The third kappa shape index (κ3) is 2.74. The molecule has 0 aliphatic rings. The molecule has 1 aromatic rings. The Balaban J connectivity index is 3.18. The topological polar surface area (TPSA) is 38.7 Å². The van der Waals surface area contributed by atoms with E-state index in [9.17, 15) is 13.9 Å². The number of benzene rings is 1. The van der Waals surface area contributed by atoms with Crippen LogP contribution in [0.5, 0.6) is 11.5 Å². The molecule has 0 saturated heterocycles. The smallest absolute Gasteiger partial charge is 0.351 e. The summed E-state index contributed by atoms with van der Waals surface area (Å²) in [5.74, 6) is 0.449. The molecule has 0 fully saturated rings. The molecular formula is C10H11ClF2O3. The van der Waals surface area contributed by atoms with Gasteiger partial charge < -0.3 is 14.6 Å². The second kappa shape index (κ2) is 4.84. The van der Waals surface area contributed by atoms with Gasteiger partial charge in [0, 0.05) is 5.56 Å². The summed E-state index contributed by atoms with van der Waals surface area (Å²) in [5.41, 5.74) is -0.123. The van der Waals surface area contributed by atoms with E-state index in [2.05, 4.69) is 0 Å². The van der Waals surface area contributed by atoms with Crippen LogP contribution in [0.4, 0.5) is 8.78 Å². The van der Waals surface area contributed by atoms with Crippen LogP contribution in [-0.4, -0.2) is 24.7 Å². The van der Waals surface area contributed by atoms with E-state index in [0.29, 0.717) is 5.75 Å². The van der Waals surface area contributed by atoms with Gasteiger partial charge >= 0.3 is 5.38 Å². The van der Waals surface area contributed by atoms with Crippen molar-refractivity contribution in [2.45, 2.75) is 11.5 Å². The van der Waals surface area contributed by atoms with Crippen LogP contribution < -0.4 is 9.47 Å². The predicted octanol–water partition coefficient (Wildman–Crippen LogP) is 2.57. The molecule has 1 rings (SSSR count). The average molecular weight is 253 g/mol. The first-order valence-electron chi connectivity index (χ1n) is 4.37. The molecule has 1 unspecified atom stereocenters. The fourth-order valence-corrected chi connectivity index (χ4v) is 1.35. The molecule has 0 radical (unpaired) electrons. The quantitative estimate of drug-likeness (QED) is 0.837. The fraction of sp³-hybridized carbons (Fsp3) is 0.400. The molecule has 0 bridgehead atoms. The Morgan fingerprint density at radius 2 is 1.94 bits per heavy atom. The molecule has 0 aliphatic carbocycles. The zero-order valence-corrected chi connectivity index (χ0v) is 9.46. The lowest BCUT2D eigenvalue weighted by molar-refractivity contribution is -0.0435. The Kier molecular flexibility index (Phi) is 3.93. The lowest BCUT2D eigenvalue weighted by atomic mass is 10.1. The van der Waals surface area contributed by atoms with Gasteiger partial charge in [-0.2, -0.15) is 8.78 Å². The van der Waals surface area contributed by atoms with Crippen molar-refractivity contribution in [2.75, 3.05) is 14.2 Å².